The first-order valence-electron chi connectivity index (χ1n) is 9.21. The van der Waals surface area contributed by atoms with Gasteiger partial charge >= 0.3 is 0 Å². The van der Waals surface area contributed by atoms with Gasteiger partial charge in [-0.2, -0.15) is 5.10 Å². The molecule has 0 heterocycles. The number of amides is 1. The molecule has 160 valence electrons. The lowest BCUT2D eigenvalue weighted by molar-refractivity contribution is 0.0954. The van der Waals surface area contributed by atoms with E-state index >= 15 is 0 Å². The van der Waals surface area contributed by atoms with Crippen LogP contribution in [0.3, 0.4) is 0 Å². The van der Waals surface area contributed by atoms with E-state index in [1.165, 1.54) is 6.21 Å². The minimum atomic E-state index is -0.360. The molecule has 5 nitrogen and oxygen atoms in total. The second-order valence-corrected chi connectivity index (χ2v) is 8.62. The van der Waals surface area contributed by atoms with Crippen LogP contribution in [0.5, 0.6) is 11.5 Å². The highest BCUT2D eigenvalue weighted by Crippen LogP contribution is 2.34. The summed E-state index contributed by atoms with van der Waals surface area (Å²) in [4.78, 5) is 12.3. The number of methoxy groups -OCH3 is 1. The van der Waals surface area contributed by atoms with Crippen LogP contribution in [0.2, 0.25) is 10.0 Å². The van der Waals surface area contributed by atoms with Gasteiger partial charge in [-0.25, -0.2) is 5.43 Å². The lowest BCUT2D eigenvalue weighted by atomic mass is 10.1. The topological polar surface area (TPSA) is 59.9 Å². The molecule has 1 amide bonds. The number of rotatable bonds is 7. The average molecular weight is 569 g/mol. The third kappa shape index (κ3) is 6.35. The number of halogens is 3. The lowest BCUT2D eigenvalue weighted by Gasteiger charge is -2.11. The first-order chi connectivity index (χ1) is 14.9. The van der Waals surface area contributed by atoms with E-state index < -0.39 is 0 Å². The van der Waals surface area contributed by atoms with E-state index in [0.29, 0.717) is 39.3 Å². The summed E-state index contributed by atoms with van der Waals surface area (Å²) in [7, 11) is 1.55. The van der Waals surface area contributed by atoms with Gasteiger partial charge < -0.3 is 9.47 Å². The summed E-state index contributed by atoms with van der Waals surface area (Å²) < 4.78 is 12.0. The first kappa shape index (κ1) is 23.4. The molecule has 3 aromatic carbocycles. The number of carbonyl (C=O) groups excluding carboxylic acids is 1. The van der Waals surface area contributed by atoms with Crippen LogP contribution >= 0.6 is 45.8 Å². The average Bonchev–Trinajstić information content (AvgIpc) is 2.73. The number of benzene rings is 3. The third-order valence-electron chi connectivity index (χ3n) is 4.28. The minimum Gasteiger partial charge on any atom is -0.496 e. The van der Waals surface area contributed by atoms with Crippen molar-refractivity contribution in [2.24, 2.45) is 5.10 Å². The Morgan fingerprint density at radius 3 is 2.55 bits per heavy atom. The molecule has 0 aliphatic heterocycles. The number of carbonyl (C=O) groups is 1. The van der Waals surface area contributed by atoms with Crippen molar-refractivity contribution in [3.8, 4) is 11.5 Å². The molecule has 0 atom stereocenters. The molecule has 0 fully saturated rings. The quantitative estimate of drug-likeness (QED) is 0.208. The van der Waals surface area contributed by atoms with Gasteiger partial charge in [-0.15, -0.1) is 0 Å². The van der Waals surface area contributed by atoms with Crippen molar-refractivity contribution in [1.82, 2.24) is 5.43 Å². The van der Waals surface area contributed by atoms with E-state index in [1.807, 2.05) is 31.2 Å². The number of nitrogens with zero attached hydrogens (tertiary/aromatic N) is 1. The van der Waals surface area contributed by atoms with Crippen molar-refractivity contribution in [1.29, 1.82) is 0 Å². The van der Waals surface area contributed by atoms with Gasteiger partial charge in [-0.1, -0.05) is 53.0 Å². The van der Waals surface area contributed by atoms with Gasteiger partial charge in [0.2, 0.25) is 0 Å². The number of hydrogen-bond acceptors (Lipinski definition) is 4. The first-order valence-corrected chi connectivity index (χ1v) is 11.0. The summed E-state index contributed by atoms with van der Waals surface area (Å²) in [5.74, 6) is 0.662. The summed E-state index contributed by atoms with van der Waals surface area (Å²) in [6, 6.07) is 16.5. The Bertz CT molecular complexity index is 1110. The lowest BCUT2D eigenvalue weighted by Crippen LogP contribution is -2.17. The number of hydrogen-bond donors (Lipinski definition) is 1. The SMILES string of the molecule is COc1cc(C(=O)N/N=C\c2cc(Cl)c(OCc3cccc(C)c3)c(Cl)c2)ccc1I. The van der Waals surface area contributed by atoms with Crippen LogP contribution in [-0.2, 0) is 6.61 Å². The van der Waals surface area contributed by atoms with Crippen molar-refractivity contribution >= 4 is 57.9 Å². The van der Waals surface area contributed by atoms with Crippen molar-refractivity contribution in [2.45, 2.75) is 13.5 Å². The largest absolute Gasteiger partial charge is 0.496 e. The molecule has 0 radical (unpaired) electrons. The Morgan fingerprint density at radius 2 is 1.87 bits per heavy atom. The third-order valence-corrected chi connectivity index (χ3v) is 5.73. The fourth-order valence-electron chi connectivity index (χ4n) is 2.78. The highest BCUT2D eigenvalue weighted by atomic mass is 127. The molecule has 31 heavy (non-hydrogen) atoms. The molecule has 0 unspecified atom stereocenters. The number of ether oxygens (including phenoxy) is 2. The van der Waals surface area contributed by atoms with E-state index in [0.717, 1.165) is 14.7 Å². The monoisotopic (exact) mass is 568 g/mol. The van der Waals surface area contributed by atoms with E-state index in [-0.39, 0.29) is 5.91 Å². The van der Waals surface area contributed by atoms with E-state index in [9.17, 15) is 4.79 Å². The molecule has 0 saturated heterocycles. The molecule has 3 aromatic rings. The maximum atomic E-state index is 12.3. The van der Waals surface area contributed by atoms with E-state index in [4.69, 9.17) is 32.7 Å². The molecule has 8 heteroatoms. The maximum absolute atomic E-state index is 12.3. The second kappa shape index (κ2) is 10.8. The fraction of sp³-hybridized carbons (Fsp3) is 0.130. The van der Waals surface area contributed by atoms with Crippen LogP contribution in [0.4, 0.5) is 0 Å². The Hall–Kier alpha value is -2.29. The van der Waals surface area contributed by atoms with Gasteiger partial charge in [0, 0.05) is 5.56 Å². The number of hydrazone groups is 1. The maximum Gasteiger partial charge on any atom is 0.271 e. The van der Waals surface area contributed by atoms with E-state index in [2.05, 4.69) is 33.1 Å². The molecule has 0 aliphatic carbocycles. The van der Waals surface area contributed by atoms with Crippen LogP contribution in [0.1, 0.15) is 27.0 Å². The summed E-state index contributed by atoms with van der Waals surface area (Å²) >= 11 is 14.8. The normalized spacial score (nSPS) is 10.9. The summed E-state index contributed by atoms with van der Waals surface area (Å²) in [6.45, 7) is 2.37. The van der Waals surface area contributed by atoms with Crippen molar-refractivity contribution < 1.29 is 14.3 Å². The van der Waals surface area contributed by atoms with Crippen LogP contribution in [-0.4, -0.2) is 19.2 Å². The van der Waals surface area contributed by atoms with Crippen LogP contribution in [0.25, 0.3) is 0 Å². The zero-order valence-electron chi connectivity index (χ0n) is 16.8. The molecule has 1 N–H and O–H groups in total. The summed E-state index contributed by atoms with van der Waals surface area (Å²) in [6.07, 6.45) is 1.46. The number of aryl methyl sites for hydroxylation is 1. The van der Waals surface area contributed by atoms with Crippen molar-refractivity contribution in [2.75, 3.05) is 7.11 Å². The highest BCUT2D eigenvalue weighted by Gasteiger charge is 2.11. The Balaban J connectivity index is 1.65. The zero-order valence-corrected chi connectivity index (χ0v) is 20.5. The molecular formula is C23H19Cl2IN2O3. The van der Waals surface area contributed by atoms with Gasteiger partial charge in [0.05, 0.1) is 26.9 Å². The standard InChI is InChI=1S/C23H19Cl2IN2O3/c1-14-4-3-5-15(8-14)13-31-22-18(24)9-16(10-19(22)25)12-27-28-23(29)17-6-7-20(26)21(11-17)30-2/h3-12H,13H2,1-2H3,(H,28,29)/b27-12-. The van der Waals surface area contributed by atoms with Crippen LogP contribution in [0.15, 0.2) is 59.7 Å². The van der Waals surface area contributed by atoms with Gasteiger partial charge in [0.25, 0.3) is 5.91 Å². The van der Waals surface area contributed by atoms with Crippen molar-refractivity contribution in [3.63, 3.8) is 0 Å². The zero-order chi connectivity index (χ0) is 22.4. The van der Waals surface area contributed by atoms with Gasteiger partial charge in [0.1, 0.15) is 12.4 Å². The Labute approximate surface area is 204 Å². The van der Waals surface area contributed by atoms with Crippen molar-refractivity contribution in [3.05, 3.63) is 90.5 Å². The van der Waals surface area contributed by atoms with E-state index in [1.54, 1.807) is 37.4 Å². The highest BCUT2D eigenvalue weighted by molar-refractivity contribution is 14.1. The molecule has 3 rings (SSSR count). The molecule has 0 saturated carbocycles. The number of nitrogens with one attached hydrogen (secondary N) is 1. The fourth-order valence-corrected chi connectivity index (χ4v) is 3.95. The molecular weight excluding hydrogens is 550 g/mol. The molecule has 0 spiro atoms. The van der Waals surface area contributed by atoms with Crippen LogP contribution in [0, 0.1) is 10.5 Å². The smallest absolute Gasteiger partial charge is 0.271 e. The van der Waals surface area contributed by atoms with Crippen LogP contribution < -0.4 is 14.9 Å². The second-order valence-electron chi connectivity index (χ2n) is 6.64. The molecule has 0 aliphatic rings. The molecule has 0 bridgehead atoms. The minimum absolute atomic E-state index is 0.351. The van der Waals surface area contributed by atoms with Gasteiger partial charge in [0.15, 0.2) is 5.75 Å². The predicted molar refractivity (Wildman–Crippen MR) is 133 cm³/mol. The summed E-state index contributed by atoms with van der Waals surface area (Å²) in [5.41, 5.74) is 5.71. The Kier molecular flexibility index (Phi) is 8.17. The van der Waals surface area contributed by atoms with Gasteiger partial charge in [-0.05, 0) is 71.0 Å². The van der Waals surface area contributed by atoms with Gasteiger partial charge in [-0.3, -0.25) is 4.79 Å². The summed E-state index contributed by atoms with van der Waals surface area (Å²) in [5, 5.41) is 4.70. The Morgan fingerprint density at radius 1 is 1.13 bits per heavy atom. The molecule has 0 aromatic heterocycles. The predicted octanol–water partition coefficient (Wildman–Crippen LogP) is 6.26.